The van der Waals surface area contributed by atoms with Gasteiger partial charge in [-0.2, -0.15) is 0 Å². The van der Waals surface area contributed by atoms with Crippen LogP contribution in [0.2, 0.25) is 0 Å². The normalized spacial score (nSPS) is 13.2. The Morgan fingerprint density at radius 1 is 1.69 bits per heavy atom. The molecule has 1 unspecified atom stereocenters. The van der Waals surface area contributed by atoms with Crippen molar-refractivity contribution < 1.29 is 0 Å². The van der Waals surface area contributed by atoms with E-state index in [1.807, 2.05) is 17.8 Å². The van der Waals surface area contributed by atoms with Crippen LogP contribution in [0.5, 0.6) is 0 Å². The lowest BCUT2D eigenvalue weighted by Gasteiger charge is -2.16. The van der Waals surface area contributed by atoms with Crippen LogP contribution in [0.3, 0.4) is 0 Å². The molecule has 1 aromatic rings. The molecule has 1 heterocycles. The van der Waals surface area contributed by atoms with Crippen LogP contribution in [0.15, 0.2) is 12.5 Å². The van der Waals surface area contributed by atoms with Gasteiger partial charge in [0, 0.05) is 19.8 Å². The lowest BCUT2D eigenvalue weighted by atomic mass is 10.2. The Kier molecular flexibility index (Phi) is 3.92. The molecule has 1 rings (SSSR count). The Labute approximate surface area is 79.1 Å². The van der Waals surface area contributed by atoms with Gasteiger partial charge in [0.15, 0.2) is 0 Å². The molecular formula is C9H18N4. The highest BCUT2D eigenvalue weighted by Crippen LogP contribution is 2.09. The average molecular weight is 182 g/mol. The summed E-state index contributed by atoms with van der Waals surface area (Å²) in [7, 11) is 1.98. The van der Waals surface area contributed by atoms with E-state index in [-0.39, 0.29) is 6.04 Å². The van der Waals surface area contributed by atoms with Crippen molar-refractivity contribution in [2.45, 2.75) is 19.4 Å². The molecule has 0 saturated heterocycles. The molecular weight excluding hydrogens is 164 g/mol. The molecule has 0 aliphatic rings. The van der Waals surface area contributed by atoms with Crippen LogP contribution in [-0.4, -0.2) is 22.6 Å². The lowest BCUT2D eigenvalue weighted by molar-refractivity contribution is 0.514. The Hall–Kier alpha value is -0.870. The Bertz CT molecular complexity index is 244. The van der Waals surface area contributed by atoms with Gasteiger partial charge in [0.2, 0.25) is 0 Å². The van der Waals surface area contributed by atoms with Gasteiger partial charge in [0.25, 0.3) is 0 Å². The second-order valence-electron chi connectivity index (χ2n) is 3.17. The van der Waals surface area contributed by atoms with Gasteiger partial charge in [-0.05, 0) is 13.0 Å². The first-order valence-corrected chi connectivity index (χ1v) is 4.69. The molecule has 74 valence electrons. The molecule has 0 spiro atoms. The summed E-state index contributed by atoms with van der Waals surface area (Å²) in [6.07, 6.45) is 4.78. The summed E-state index contributed by atoms with van der Waals surface area (Å²) in [6.45, 7) is 3.75. The number of imidazole rings is 1. The van der Waals surface area contributed by atoms with E-state index >= 15 is 0 Å². The quantitative estimate of drug-likeness (QED) is 0.694. The number of hydrogen-bond donors (Lipinski definition) is 2. The molecule has 0 bridgehead atoms. The van der Waals surface area contributed by atoms with Gasteiger partial charge in [-0.15, -0.1) is 0 Å². The van der Waals surface area contributed by atoms with Crippen LogP contribution in [-0.2, 0) is 7.05 Å². The number of nitrogens with one attached hydrogen (secondary N) is 1. The number of aromatic nitrogens is 2. The second kappa shape index (κ2) is 4.99. The largest absolute Gasteiger partial charge is 0.336 e. The third kappa shape index (κ3) is 2.54. The van der Waals surface area contributed by atoms with E-state index in [9.17, 15) is 0 Å². The zero-order chi connectivity index (χ0) is 9.68. The molecule has 0 aliphatic carbocycles. The van der Waals surface area contributed by atoms with Crippen molar-refractivity contribution >= 4 is 0 Å². The second-order valence-corrected chi connectivity index (χ2v) is 3.17. The zero-order valence-corrected chi connectivity index (χ0v) is 8.33. The first-order chi connectivity index (χ1) is 6.29. The van der Waals surface area contributed by atoms with Gasteiger partial charge < -0.3 is 15.6 Å². The third-order valence-electron chi connectivity index (χ3n) is 2.09. The van der Waals surface area contributed by atoms with Crippen molar-refractivity contribution in [3.8, 4) is 0 Å². The van der Waals surface area contributed by atoms with Crippen molar-refractivity contribution in [2.75, 3.05) is 13.1 Å². The highest BCUT2D eigenvalue weighted by atomic mass is 15.1. The summed E-state index contributed by atoms with van der Waals surface area (Å²) in [5.41, 5.74) is 6.82. The smallest absolute Gasteiger partial charge is 0.0946 e. The van der Waals surface area contributed by atoms with Crippen LogP contribution in [0, 0.1) is 0 Å². The van der Waals surface area contributed by atoms with E-state index in [2.05, 4.69) is 17.2 Å². The molecule has 4 heteroatoms. The molecule has 1 aromatic heterocycles. The van der Waals surface area contributed by atoms with E-state index in [1.54, 1.807) is 6.33 Å². The van der Waals surface area contributed by atoms with E-state index in [4.69, 9.17) is 5.73 Å². The molecule has 4 nitrogen and oxygen atoms in total. The molecule has 0 aliphatic heterocycles. The van der Waals surface area contributed by atoms with E-state index in [0.717, 1.165) is 18.7 Å². The summed E-state index contributed by atoms with van der Waals surface area (Å²) in [4.78, 5) is 4.07. The summed E-state index contributed by atoms with van der Waals surface area (Å²) in [6, 6.07) is 0.229. The number of nitrogens with two attached hydrogens (primary N) is 1. The van der Waals surface area contributed by atoms with Crippen LogP contribution >= 0.6 is 0 Å². The van der Waals surface area contributed by atoms with Crippen molar-refractivity contribution in [3.63, 3.8) is 0 Å². The van der Waals surface area contributed by atoms with Crippen molar-refractivity contribution in [1.29, 1.82) is 0 Å². The minimum absolute atomic E-state index is 0.229. The first kappa shape index (κ1) is 10.2. The van der Waals surface area contributed by atoms with Gasteiger partial charge in [-0.1, -0.05) is 6.92 Å². The molecule has 3 N–H and O–H groups in total. The summed E-state index contributed by atoms with van der Waals surface area (Å²) < 4.78 is 2.00. The van der Waals surface area contributed by atoms with Crippen LogP contribution in [0.4, 0.5) is 0 Å². The average Bonchev–Trinajstić information content (AvgIpc) is 2.54. The highest BCUT2D eigenvalue weighted by molar-refractivity contribution is 5.05. The van der Waals surface area contributed by atoms with Crippen LogP contribution < -0.4 is 11.1 Å². The fraction of sp³-hybridized carbons (Fsp3) is 0.667. The van der Waals surface area contributed by atoms with Crippen molar-refractivity contribution in [1.82, 2.24) is 14.9 Å². The van der Waals surface area contributed by atoms with Gasteiger partial charge in [0.05, 0.1) is 18.1 Å². The molecule has 0 amide bonds. The maximum Gasteiger partial charge on any atom is 0.0946 e. The van der Waals surface area contributed by atoms with Gasteiger partial charge in [-0.25, -0.2) is 4.98 Å². The van der Waals surface area contributed by atoms with Crippen molar-refractivity contribution in [3.05, 3.63) is 18.2 Å². The molecule has 0 aromatic carbocycles. The minimum Gasteiger partial charge on any atom is -0.336 e. The standard InChI is InChI=1S/C9H18N4/c1-3-4-12-8(5-10)9-6-11-7-13(9)2/h6-8,12H,3-5,10H2,1-2H3. The Morgan fingerprint density at radius 2 is 2.46 bits per heavy atom. The van der Waals surface area contributed by atoms with Crippen LogP contribution in [0.25, 0.3) is 0 Å². The van der Waals surface area contributed by atoms with Crippen LogP contribution in [0.1, 0.15) is 25.1 Å². The van der Waals surface area contributed by atoms with Gasteiger partial charge in [0.1, 0.15) is 0 Å². The Morgan fingerprint density at radius 3 is 2.92 bits per heavy atom. The monoisotopic (exact) mass is 182 g/mol. The maximum atomic E-state index is 5.67. The fourth-order valence-corrected chi connectivity index (χ4v) is 1.33. The predicted octanol–water partition coefficient (Wildman–Crippen LogP) is 0.419. The van der Waals surface area contributed by atoms with E-state index in [0.29, 0.717) is 6.54 Å². The first-order valence-electron chi connectivity index (χ1n) is 4.69. The molecule has 0 fully saturated rings. The summed E-state index contributed by atoms with van der Waals surface area (Å²) >= 11 is 0. The van der Waals surface area contributed by atoms with Gasteiger partial charge >= 0.3 is 0 Å². The minimum atomic E-state index is 0.229. The number of nitrogens with zero attached hydrogens (tertiary/aromatic N) is 2. The van der Waals surface area contributed by atoms with E-state index < -0.39 is 0 Å². The molecule has 1 atom stereocenters. The number of aryl methyl sites for hydroxylation is 1. The predicted molar refractivity (Wildman–Crippen MR) is 53.3 cm³/mol. The summed E-state index contributed by atoms with van der Waals surface area (Å²) in [5, 5.41) is 3.38. The Balaban J connectivity index is 2.61. The lowest BCUT2D eigenvalue weighted by Crippen LogP contribution is -2.30. The van der Waals surface area contributed by atoms with Crippen molar-refractivity contribution in [2.24, 2.45) is 12.8 Å². The third-order valence-corrected chi connectivity index (χ3v) is 2.09. The zero-order valence-electron chi connectivity index (χ0n) is 8.33. The number of rotatable bonds is 5. The molecule has 0 radical (unpaired) electrons. The van der Waals surface area contributed by atoms with Gasteiger partial charge in [-0.3, -0.25) is 0 Å². The SMILES string of the molecule is CCCNC(CN)c1cncn1C. The highest BCUT2D eigenvalue weighted by Gasteiger charge is 2.10. The maximum absolute atomic E-state index is 5.67. The molecule has 0 saturated carbocycles. The molecule has 13 heavy (non-hydrogen) atoms. The fourth-order valence-electron chi connectivity index (χ4n) is 1.33. The topological polar surface area (TPSA) is 55.9 Å². The summed E-state index contributed by atoms with van der Waals surface area (Å²) in [5.74, 6) is 0. The van der Waals surface area contributed by atoms with E-state index in [1.165, 1.54) is 0 Å². The number of hydrogen-bond acceptors (Lipinski definition) is 3.